The summed E-state index contributed by atoms with van der Waals surface area (Å²) in [6, 6.07) is 14.0. The largest absolute Gasteiger partial charge is 0.442 e. The molecule has 2 unspecified atom stereocenters. The summed E-state index contributed by atoms with van der Waals surface area (Å²) in [5.74, 6) is -0.422. The second-order valence-electron chi connectivity index (χ2n) is 8.85. The minimum absolute atomic E-state index is 0.266. The molecular weight excluding hydrogens is 423 g/mol. The van der Waals surface area contributed by atoms with E-state index in [1.165, 1.54) is 12.4 Å². The van der Waals surface area contributed by atoms with Gasteiger partial charge in [-0.1, -0.05) is 18.2 Å². The summed E-state index contributed by atoms with van der Waals surface area (Å²) in [7, 11) is 0. The summed E-state index contributed by atoms with van der Waals surface area (Å²) in [6.45, 7) is 5.56. The maximum atomic E-state index is 14.6. The van der Waals surface area contributed by atoms with Crippen molar-refractivity contribution in [1.29, 1.82) is 5.26 Å². The molecule has 2 heterocycles. The third kappa shape index (κ3) is 4.75. The van der Waals surface area contributed by atoms with Gasteiger partial charge in [-0.3, -0.25) is 5.43 Å². The van der Waals surface area contributed by atoms with Crippen molar-refractivity contribution < 1.29 is 13.9 Å². The van der Waals surface area contributed by atoms with Crippen molar-refractivity contribution in [3.05, 3.63) is 65.6 Å². The number of hydrogen-bond acceptors (Lipinski definition) is 6. The summed E-state index contributed by atoms with van der Waals surface area (Å²) < 4.78 is 20.4. The first-order chi connectivity index (χ1) is 15.8. The van der Waals surface area contributed by atoms with Crippen LogP contribution in [0.3, 0.4) is 0 Å². The molecule has 2 atom stereocenters. The van der Waals surface area contributed by atoms with Gasteiger partial charge in [-0.15, -0.1) is 0 Å². The number of nitrogens with one attached hydrogen (secondary N) is 3. The lowest BCUT2D eigenvalue weighted by atomic mass is 10.0. The molecule has 1 amide bonds. The van der Waals surface area contributed by atoms with Gasteiger partial charge in [-0.25, -0.2) is 9.18 Å². The van der Waals surface area contributed by atoms with Crippen LogP contribution in [-0.4, -0.2) is 35.2 Å². The minimum atomic E-state index is -0.764. The fourth-order valence-electron chi connectivity index (χ4n) is 3.86. The molecule has 3 aromatic rings. The fraction of sp³-hybridized carbons (Fsp3) is 0.292. The van der Waals surface area contributed by atoms with Crippen molar-refractivity contribution in [2.45, 2.75) is 45.0 Å². The molecule has 4 rings (SSSR count). The molecule has 1 aromatic heterocycles. The van der Waals surface area contributed by atoms with E-state index in [1.54, 1.807) is 41.4 Å². The SMILES string of the molecule is CC(C)(C)NC(=O)OC(Cc1c[nH]c2cccc(C#N)c12)C1NN=CN1c1ccccc1F. The molecule has 9 heteroatoms. The van der Waals surface area contributed by atoms with Gasteiger partial charge in [0.25, 0.3) is 0 Å². The Balaban J connectivity index is 1.69. The van der Waals surface area contributed by atoms with E-state index in [4.69, 9.17) is 4.74 Å². The molecule has 0 saturated heterocycles. The van der Waals surface area contributed by atoms with Crippen LogP contribution in [-0.2, 0) is 11.2 Å². The number of aromatic nitrogens is 1. The fourth-order valence-corrected chi connectivity index (χ4v) is 3.86. The number of amides is 1. The Bertz CT molecular complexity index is 1240. The van der Waals surface area contributed by atoms with Gasteiger partial charge in [-0.05, 0) is 50.6 Å². The lowest BCUT2D eigenvalue weighted by Gasteiger charge is -2.32. The molecule has 33 heavy (non-hydrogen) atoms. The quantitative estimate of drug-likeness (QED) is 0.547. The molecule has 0 spiro atoms. The molecule has 1 aliphatic heterocycles. The molecule has 2 aromatic carbocycles. The lowest BCUT2D eigenvalue weighted by molar-refractivity contribution is 0.0728. The smallest absolute Gasteiger partial charge is 0.407 e. The maximum absolute atomic E-state index is 14.6. The van der Waals surface area contributed by atoms with Gasteiger partial charge in [-0.2, -0.15) is 10.4 Å². The number of aromatic amines is 1. The Morgan fingerprint density at radius 2 is 2.09 bits per heavy atom. The zero-order chi connectivity index (χ0) is 23.6. The van der Waals surface area contributed by atoms with E-state index in [2.05, 4.69) is 26.9 Å². The molecule has 0 saturated carbocycles. The van der Waals surface area contributed by atoms with Gasteiger partial charge in [0, 0.05) is 29.1 Å². The topological polar surface area (TPSA) is 106 Å². The Morgan fingerprint density at radius 1 is 1.30 bits per heavy atom. The predicted molar refractivity (Wildman–Crippen MR) is 124 cm³/mol. The molecule has 170 valence electrons. The van der Waals surface area contributed by atoms with Crippen molar-refractivity contribution in [3.8, 4) is 6.07 Å². The van der Waals surface area contributed by atoms with E-state index < -0.39 is 29.7 Å². The molecule has 3 N–H and O–H groups in total. The van der Waals surface area contributed by atoms with Crippen LogP contribution in [0.15, 0.2) is 53.8 Å². The second-order valence-corrected chi connectivity index (χ2v) is 8.85. The Labute approximate surface area is 191 Å². The first-order valence-electron chi connectivity index (χ1n) is 10.6. The number of carbonyl (C=O) groups is 1. The standard InChI is InChI=1S/C24H25FN6O2/c1-24(2,3)29-23(32)33-20(11-16-13-27-18-9-6-7-15(12-26)21(16)18)22-30-28-14-31(22)19-10-5-4-8-17(19)25/h4-10,13-14,20,22,27,30H,11H2,1-3H3,(H,29,32). The number of carbonyl (C=O) groups excluding carboxylic acids is 1. The van der Waals surface area contributed by atoms with Crippen molar-refractivity contribution >= 4 is 29.0 Å². The number of ether oxygens (including phenoxy) is 1. The Kier molecular flexibility index (Phi) is 5.92. The van der Waals surface area contributed by atoms with E-state index in [-0.39, 0.29) is 6.42 Å². The van der Waals surface area contributed by atoms with Crippen molar-refractivity contribution in [3.63, 3.8) is 0 Å². The number of para-hydroxylation sites is 1. The Morgan fingerprint density at radius 3 is 2.82 bits per heavy atom. The van der Waals surface area contributed by atoms with Gasteiger partial charge in [0.05, 0.1) is 17.3 Å². The summed E-state index contributed by atoms with van der Waals surface area (Å²) >= 11 is 0. The van der Waals surface area contributed by atoms with Gasteiger partial charge < -0.3 is 19.9 Å². The van der Waals surface area contributed by atoms with E-state index in [0.29, 0.717) is 11.3 Å². The highest BCUT2D eigenvalue weighted by Gasteiger charge is 2.35. The number of H-pyrrole nitrogens is 1. The van der Waals surface area contributed by atoms with Crippen molar-refractivity contribution in [2.24, 2.45) is 5.10 Å². The van der Waals surface area contributed by atoms with Crippen LogP contribution in [0.2, 0.25) is 0 Å². The number of rotatable bonds is 5. The predicted octanol–water partition coefficient (Wildman–Crippen LogP) is 3.99. The highest BCUT2D eigenvalue weighted by Crippen LogP contribution is 2.28. The zero-order valence-electron chi connectivity index (χ0n) is 18.6. The molecule has 0 radical (unpaired) electrons. The highest BCUT2D eigenvalue weighted by molar-refractivity contribution is 5.89. The molecule has 8 nitrogen and oxygen atoms in total. The van der Waals surface area contributed by atoms with Gasteiger partial charge in [0.2, 0.25) is 0 Å². The molecule has 0 bridgehead atoms. The number of nitriles is 1. The normalized spacial score (nSPS) is 16.3. The lowest BCUT2D eigenvalue weighted by Crippen LogP contribution is -2.52. The van der Waals surface area contributed by atoms with Crippen LogP contribution in [0.1, 0.15) is 31.9 Å². The maximum Gasteiger partial charge on any atom is 0.407 e. The van der Waals surface area contributed by atoms with E-state index in [0.717, 1.165) is 16.5 Å². The summed E-state index contributed by atoms with van der Waals surface area (Å²) in [5.41, 5.74) is 4.87. The monoisotopic (exact) mass is 448 g/mol. The van der Waals surface area contributed by atoms with Crippen LogP contribution in [0.25, 0.3) is 10.9 Å². The minimum Gasteiger partial charge on any atom is -0.442 e. The Hall–Kier alpha value is -4.06. The average Bonchev–Trinajstić information content (AvgIpc) is 3.39. The van der Waals surface area contributed by atoms with E-state index >= 15 is 0 Å². The molecule has 0 fully saturated rings. The van der Waals surface area contributed by atoms with Gasteiger partial charge in [0.15, 0.2) is 6.17 Å². The summed E-state index contributed by atoms with van der Waals surface area (Å²) in [5, 5.41) is 17.2. The van der Waals surface area contributed by atoms with Crippen molar-refractivity contribution in [2.75, 3.05) is 4.90 Å². The van der Waals surface area contributed by atoms with E-state index in [9.17, 15) is 14.4 Å². The highest BCUT2D eigenvalue weighted by atomic mass is 19.1. The molecule has 1 aliphatic rings. The number of benzene rings is 2. The number of anilines is 1. The van der Waals surface area contributed by atoms with Crippen LogP contribution in [0, 0.1) is 17.1 Å². The van der Waals surface area contributed by atoms with Crippen LogP contribution in [0.5, 0.6) is 0 Å². The second kappa shape index (κ2) is 8.82. The number of nitrogens with zero attached hydrogens (tertiary/aromatic N) is 3. The van der Waals surface area contributed by atoms with Crippen LogP contribution in [0.4, 0.5) is 14.9 Å². The molecule has 0 aliphatic carbocycles. The van der Waals surface area contributed by atoms with Crippen LogP contribution < -0.4 is 15.6 Å². The third-order valence-corrected chi connectivity index (χ3v) is 5.24. The first-order valence-corrected chi connectivity index (χ1v) is 10.6. The van der Waals surface area contributed by atoms with Crippen LogP contribution >= 0.6 is 0 Å². The average molecular weight is 449 g/mol. The number of hydrazone groups is 1. The first kappa shape index (κ1) is 22.1. The number of hydrogen-bond donors (Lipinski definition) is 3. The number of halogens is 1. The number of alkyl carbamates (subject to hydrolysis) is 1. The van der Waals surface area contributed by atoms with Gasteiger partial charge in [0.1, 0.15) is 18.3 Å². The zero-order valence-corrected chi connectivity index (χ0v) is 18.6. The summed E-state index contributed by atoms with van der Waals surface area (Å²) in [6.07, 6.45) is 1.51. The van der Waals surface area contributed by atoms with E-state index in [1.807, 2.05) is 26.8 Å². The number of fused-ring (bicyclic) bond motifs is 1. The molecular formula is C24H25FN6O2. The van der Waals surface area contributed by atoms with Gasteiger partial charge >= 0.3 is 6.09 Å². The summed E-state index contributed by atoms with van der Waals surface area (Å²) in [4.78, 5) is 17.5. The third-order valence-electron chi connectivity index (χ3n) is 5.24. The van der Waals surface area contributed by atoms with Crippen molar-refractivity contribution in [1.82, 2.24) is 15.7 Å².